The third kappa shape index (κ3) is 6.04. The van der Waals surface area contributed by atoms with Gasteiger partial charge in [0.25, 0.3) is 0 Å². The van der Waals surface area contributed by atoms with E-state index in [1.807, 2.05) is 0 Å². The molecular formula is C15H28O3Si. The summed E-state index contributed by atoms with van der Waals surface area (Å²) in [6.45, 7) is 8.51. The summed E-state index contributed by atoms with van der Waals surface area (Å²) in [4.78, 5) is 0. The van der Waals surface area contributed by atoms with Gasteiger partial charge in [-0.25, -0.2) is 0 Å². The van der Waals surface area contributed by atoms with Crippen molar-refractivity contribution < 1.29 is 13.3 Å². The predicted molar refractivity (Wildman–Crippen MR) is 81.1 cm³/mol. The first-order chi connectivity index (χ1) is 9.26. The van der Waals surface area contributed by atoms with Crippen LogP contribution in [0.4, 0.5) is 0 Å². The van der Waals surface area contributed by atoms with Gasteiger partial charge in [0.15, 0.2) is 0 Å². The molecule has 0 saturated carbocycles. The average molecular weight is 284 g/mol. The molecule has 0 bridgehead atoms. The molecule has 0 unspecified atom stereocenters. The highest BCUT2D eigenvalue weighted by Gasteiger charge is 2.41. The zero-order valence-electron chi connectivity index (χ0n) is 12.6. The molecular weight excluding hydrogens is 256 g/mol. The Morgan fingerprint density at radius 2 is 1.47 bits per heavy atom. The van der Waals surface area contributed by atoms with Gasteiger partial charge in [0.2, 0.25) is 0 Å². The van der Waals surface area contributed by atoms with E-state index < -0.39 is 8.80 Å². The molecule has 0 heterocycles. The van der Waals surface area contributed by atoms with E-state index in [2.05, 4.69) is 39.0 Å². The summed E-state index contributed by atoms with van der Waals surface area (Å²) in [7, 11) is -2.54. The van der Waals surface area contributed by atoms with Crippen LogP contribution in [-0.4, -0.2) is 28.6 Å². The molecule has 0 amide bonds. The van der Waals surface area contributed by atoms with Gasteiger partial charge in [0.05, 0.1) is 0 Å². The molecule has 3 nitrogen and oxygen atoms in total. The van der Waals surface area contributed by atoms with Crippen LogP contribution in [0.15, 0.2) is 23.8 Å². The maximum absolute atomic E-state index is 6.06. The van der Waals surface area contributed by atoms with Crippen molar-refractivity contribution in [3.8, 4) is 0 Å². The summed E-state index contributed by atoms with van der Waals surface area (Å²) >= 11 is 0. The molecule has 0 spiro atoms. The van der Waals surface area contributed by atoms with Crippen LogP contribution >= 0.6 is 0 Å². The van der Waals surface area contributed by atoms with Crippen molar-refractivity contribution >= 4 is 8.80 Å². The van der Waals surface area contributed by atoms with E-state index in [4.69, 9.17) is 13.3 Å². The molecule has 0 atom stereocenters. The molecule has 110 valence electrons. The van der Waals surface area contributed by atoms with Gasteiger partial charge < -0.3 is 13.3 Å². The van der Waals surface area contributed by atoms with Gasteiger partial charge in [0, 0.05) is 25.9 Å². The number of hydrogen-bond acceptors (Lipinski definition) is 3. The van der Waals surface area contributed by atoms with Crippen LogP contribution < -0.4 is 0 Å². The summed E-state index contributed by atoms with van der Waals surface area (Å²) in [5.41, 5.74) is 1.30. The largest absolute Gasteiger partial charge is 0.505 e. The second kappa shape index (κ2) is 9.48. The lowest BCUT2D eigenvalue weighted by Gasteiger charge is -2.29. The molecule has 0 aromatic rings. The lowest BCUT2D eigenvalue weighted by Crippen LogP contribution is -2.46. The van der Waals surface area contributed by atoms with Crippen molar-refractivity contribution in [1.82, 2.24) is 0 Å². The molecule has 0 radical (unpaired) electrons. The van der Waals surface area contributed by atoms with Crippen molar-refractivity contribution in [2.45, 2.75) is 52.5 Å². The van der Waals surface area contributed by atoms with Crippen LogP contribution in [0, 0.1) is 0 Å². The highest BCUT2D eigenvalue weighted by Crippen LogP contribution is 2.25. The minimum atomic E-state index is -2.54. The second-order valence-electron chi connectivity index (χ2n) is 4.82. The highest BCUT2D eigenvalue weighted by molar-refractivity contribution is 6.61. The molecule has 19 heavy (non-hydrogen) atoms. The van der Waals surface area contributed by atoms with Crippen molar-refractivity contribution in [2.24, 2.45) is 0 Å². The SMILES string of the molecule is CCCO[Si](CC1=CCC=C1)(OCCC)OCCC. The van der Waals surface area contributed by atoms with Crippen LogP contribution in [0.25, 0.3) is 0 Å². The molecule has 0 N–H and O–H groups in total. The number of hydrogen-bond donors (Lipinski definition) is 0. The van der Waals surface area contributed by atoms with Crippen LogP contribution in [0.5, 0.6) is 0 Å². The minimum absolute atomic E-state index is 0.719. The van der Waals surface area contributed by atoms with Crippen molar-refractivity contribution in [2.75, 3.05) is 19.8 Å². The molecule has 0 aromatic carbocycles. The molecule has 1 aliphatic carbocycles. The smallest absolute Gasteiger partial charge is 0.373 e. The second-order valence-corrected chi connectivity index (χ2v) is 7.41. The Labute approximate surface area is 119 Å². The third-order valence-corrected chi connectivity index (χ3v) is 5.62. The summed E-state index contributed by atoms with van der Waals surface area (Å²) < 4.78 is 18.2. The molecule has 0 aliphatic heterocycles. The van der Waals surface area contributed by atoms with E-state index in [1.165, 1.54) is 5.57 Å². The van der Waals surface area contributed by atoms with Crippen LogP contribution in [0.1, 0.15) is 46.5 Å². The van der Waals surface area contributed by atoms with Gasteiger partial charge in [0.1, 0.15) is 0 Å². The van der Waals surface area contributed by atoms with Gasteiger partial charge in [-0.1, -0.05) is 39.0 Å². The summed E-state index contributed by atoms with van der Waals surface area (Å²) in [5, 5.41) is 0. The maximum Gasteiger partial charge on any atom is 0.505 e. The van der Waals surface area contributed by atoms with Crippen molar-refractivity contribution in [3.63, 3.8) is 0 Å². The molecule has 1 rings (SSSR count). The van der Waals surface area contributed by atoms with E-state index in [0.717, 1.165) is 51.5 Å². The Hall–Kier alpha value is -0.423. The van der Waals surface area contributed by atoms with Crippen LogP contribution in [0.2, 0.25) is 6.04 Å². The standard InChI is InChI=1S/C15H28O3Si/c1-4-11-16-19(17-12-5-2,18-13-6-3)14-15-9-7-8-10-15/h7,9-10H,4-6,8,11-14H2,1-3H3. The zero-order chi connectivity index (χ0) is 14.0. The number of allylic oxidation sites excluding steroid dienone is 4. The van der Waals surface area contributed by atoms with Gasteiger partial charge >= 0.3 is 8.80 Å². The van der Waals surface area contributed by atoms with E-state index in [9.17, 15) is 0 Å². The fourth-order valence-electron chi connectivity index (χ4n) is 1.94. The zero-order valence-corrected chi connectivity index (χ0v) is 13.6. The lowest BCUT2D eigenvalue weighted by molar-refractivity contribution is 0.0616. The van der Waals surface area contributed by atoms with Gasteiger partial charge in [-0.15, -0.1) is 0 Å². The van der Waals surface area contributed by atoms with E-state index in [1.54, 1.807) is 0 Å². The highest BCUT2D eigenvalue weighted by atomic mass is 28.4. The Kier molecular flexibility index (Phi) is 8.29. The third-order valence-electron chi connectivity index (χ3n) is 2.85. The fourth-order valence-corrected chi connectivity index (χ4v) is 4.80. The first-order valence-corrected chi connectivity index (χ1v) is 9.47. The Bertz CT molecular complexity index is 278. The first kappa shape index (κ1) is 16.6. The quantitative estimate of drug-likeness (QED) is 0.535. The van der Waals surface area contributed by atoms with Gasteiger partial charge in [-0.2, -0.15) is 0 Å². The predicted octanol–water partition coefficient (Wildman–Crippen LogP) is 4.09. The average Bonchev–Trinajstić information content (AvgIpc) is 2.93. The topological polar surface area (TPSA) is 27.7 Å². The van der Waals surface area contributed by atoms with E-state index >= 15 is 0 Å². The summed E-state index contributed by atoms with van der Waals surface area (Å²) in [6, 6.07) is 0.809. The minimum Gasteiger partial charge on any atom is -0.373 e. The van der Waals surface area contributed by atoms with Crippen molar-refractivity contribution in [3.05, 3.63) is 23.8 Å². The molecule has 4 heteroatoms. The fraction of sp³-hybridized carbons (Fsp3) is 0.733. The molecule has 1 aliphatic rings. The normalized spacial score (nSPS) is 15.0. The monoisotopic (exact) mass is 284 g/mol. The number of rotatable bonds is 11. The Morgan fingerprint density at radius 3 is 1.84 bits per heavy atom. The van der Waals surface area contributed by atoms with Gasteiger partial charge in [-0.05, 0) is 31.3 Å². The summed E-state index contributed by atoms with van der Waals surface area (Å²) in [6.07, 6.45) is 10.6. The van der Waals surface area contributed by atoms with Gasteiger partial charge in [-0.3, -0.25) is 0 Å². The Morgan fingerprint density at radius 1 is 0.947 bits per heavy atom. The Balaban J connectivity index is 2.70. The molecule has 0 aromatic heterocycles. The maximum atomic E-state index is 6.06. The molecule has 0 saturated heterocycles. The van der Waals surface area contributed by atoms with E-state index in [-0.39, 0.29) is 0 Å². The lowest BCUT2D eigenvalue weighted by atomic mass is 10.3. The molecule has 0 fully saturated rings. The van der Waals surface area contributed by atoms with Crippen LogP contribution in [-0.2, 0) is 13.3 Å². The van der Waals surface area contributed by atoms with Crippen molar-refractivity contribution in [1.29, 1.82) is 0 Å². The first-order valence-electron chi connectivity index (χ1n) is 7.53. The van der Waals surface area contributed by atoms with E-state index in [0.29, 0.717) is 0 Å². The summed E-state index contributed by atoms with van der Waals surface area (Å²) in [5.74, 6) is 0. The van der Waals surface area contributed by atoms with Crippen LogP contribution in [0.3, 0.4) is 0 Å².